The summed E-state index contributed by atoms with van der Waals surface area (Å²) >= 11 is 0. The van der Waals surface area contributed by atoms with E-state index in [2.05, 4.69) is 5.32 Å². The number of Topliss-reactive ketones (excluding diaryl/α,β-unsaturated/α-hetero) is 1. The molecule has 3 rings (SSSR count). The predicted octanol–water partition coefficient (Wildman–Crippen LogP) is 2.75. The third kappa shape index (κ3) is 2.35. The molecule has 100 valence electrons. The quantitative estimate of drug-likeness (QED) is 0.927. The first-order chi connectivity index (χ1) is 9.75. The first-order valence-corrected chi connectivity index (χ1v) is 6.73. The predicted molar refractivity (Wildman–Crippen MR) is 76.7 cm³/mol. The maximum Gasteiger partial charge on any atom is 0.251 e. The Morgan fingerprint density at radius 2 is 1.80 bits per heavy atom. The first-order valence-electron chi connectivity index (χ1n) is 6.73. The van der Waals surface area contributed by atoms with Crippen molar-refractivity contribution < 1.29 is 9.59 Å². The van der Waals surface area contributed by atoms with E-state index >= 15 is 0 Å². The molecule has 0 atom stereocenters. The Hall–Kier alpha value is -2.42. The number of rotatable bonds is 3. The molecule has 1 N–H and O–H groups in total. The minimum absolute atomic E-state index is 0.111. The van der Waals surface area contributed by atoms with E-state index in [9.17, 15) is 9.59 Å². The fraction of sp³-hybridized carbons (Fsp3) is 0.176. The van der Waals surface area contributed by atoms with E-state index in [1.165, 1.54) is 0 Å². The van der Waals surface area contributed by atoms with Gasteiger partial charge in [-0.15, -0.1) is 0 Å². The fourth-order valence-corrected chi connectivity index (χ4v) is 2.58. The molecule has 1 aliphatic rings. The highest BCUT2D eigenvalue weighted by molar-refractivity contribution is 6.05. The summed E-state index contributed by atoms with van der Waals surface area (Å²) in [4.78, 5) is 23.9. The van der Waals surface area contributed by atoms with Gasteiger partial charge in [-0.1, -0.05) is 42.5 Å². The largest absolute Gasteiger partial charge is 0.348 e. The van der Waals surface area contributed by atoms with Gasteiger partial charge in [0, 0.05) is 24.1 Å². The monoisotopic (exact) mass is 265 g/mol. The summed E-state index contributed by atoms with van der Waals surface area (Å²) in [6.45, 7) is 0.497. The molecule has 2 aromatic carbocycles. The summed E-state index contributed by atoms with van der Waals surface area (Å²) in [5.41, 5.74) is 3.29. The minimum atomic E-state index is -0.111. The SMILES string of the molecule is O=C1CCc2c1cccc2C(=O)NCc1ccccc1. The number of carbonyl (C=O) groups is 2. The van der Waals surface area contributed by atoms with Crippen LogP contribution in [0.1, 0.15) is 38.3 Å². The van der Waals surface area contributed by atoms with Crippen LogP contribution in [0.25, 0.3) is 0 Å². The summed E-state index contributed by atoms with van der Waals surface area (Å²) in [6.07, 6.45) is 1.18. The van der Waals surface area contributed by atoms with Gasteiger partial charge in [-0.2, -0.15) is 0 Å². The summed E-state index contributed by atoms with van der Waals surface area (Å²) in [6, 6.07) is 15.1. The topological polar surface area (TPSA) is 46.2 Å². The Labute approximate surface area is 117 Å². The molecule has 3 nitrogen and oxygen atoms in total. The molecule has 2 aromatic rings. The second-order valence-electron chi connectivity index (χ2n) is 4.92. The van der Waals surface area contributed by atoms with Crippen molar-refractivity contribution >= 4 is 11.7 Å². The number of fused-ring (bicyclic) bond motifs is 1. The fourth-order valence-electron chi connectivity index (χ4n) is 2.58. The molecule has 1 amide bonds. The lowest BCUT2D eigenvalue weighted by Crippen LogP contribution is -2.24. The van der Waals surface area contributed by atoms with Crippen LogP contribution in [0, 0.1) is 0 Å². The van der Waals surface area contributed by atoms with Crippen LogP contribution in [0.3, 0.4) is 0 Å². The van der Waals surface area contributed by atoms with Crippen LogP contribution in [0.4, 0.5) is 0 Å². The van der Waals surface area contributed by atoms with Crippen molar-refractivity contribution in [3.63, 3.8) is 0 Å². The van der Waals surface area contributed by atoms with Gasteiger partial charge in [0.05, 0.1) is 0 Å². The molecular formula is C17H15NO2. The van der Waals surface area contributed by atoms with Gasteiger partial charge in [0.25, 0.3) is 5.91 Å². The highest BCUT2D eigenvalue weighted by atomic mass is 16.1. The second kappa shape index (κ2) is 5.29. The van der Waals surface area contributed by atoms with Crippen molar-refractivity contribution in [2.24, 2.45) is 0 Å². The van der Waals surface area contributed by atoms with E-state index in [1.807, 2.05) is 30.3 Å². The molecule has 0 saturated carbocycles. The molecule has 0 radical (unpaired) electrons. The molecular weight excluding hydrogens is 250 g/mol. The molecule has 0 unspecified atom stereocenters. The van der Waals surface area contributed by atoms with Crippen LogP contribution in [-0.2, 0) is 13.0 Å². The third-order valence-corrected chi connectivity index (χ3v) is 3.62. The molecule has 0 aliphatic heterocycles. The number of benzene rings is 2. The molecule has 0 bridgehead atoms. The molecule has 1 aliphatic carbocycles. The van der Waals surface area contributed by atoms with Gasteiger partial charge < -0.3 is 5.32 Å². The van der Waals surface area contributed by atoms with Gasteiger partial charge in [0.2, 0.25) is 0 Å². The van der Waals surface area contributed by atoms with Gasteiger partial charge in [-0.3, -0.25) is 9.59 Å². The van der Waals surface area contributed by atoms with E-state index in [4.69, 9.17) is 0 Å². The number of nitrogens with one attached hydrogen (secondary N) is 1. The molecule has 0 saturated heterocycles. The number of hydrogen-bond donors (Lipinski definition) is 1. The smallest absolute Gasteiger partial charge is 0.251 e. The lowest BCUT2D eigenvalue weighted by atomic mass is 10.0. The summed E-state index contributed by atoms with van der Waals surface area (Å²) in [7, 11) is 0. The minimum Gasteiger partial charge on any atom is -0.348 e. The molecule has 0 spiro atoms. The van der Waals surface area contributed by atoms with Crippen LogP contribution >= 0.6 is 0 Å². The van der Waals surface area contributed by atoms with Gasteiger partial charge in [0.1, 0.15) is 0 Å². The lowest BCUT2D eigenvalue weighted by molar-refractivity contribution is 0.0949. The Bertz CT molecular complexity index is 662. The zero-order chi connectivity index (χ0) is 13.9. The van der Waals surface area contributed by atoms with Gasteiger partial charge in [0.15, 0.2) is 5.78 Å². The standard InChI is InChI=1S/C17H15NO2/c19-16-10-9-13-14(16)7-4-8-15(13)17(20)18-11-12-5-2-1-3-6-12/h1-8H,9-11H2,(H,18,20). The normalized spacial score (nSPS) is 13.1. The van der Waals surface area contributed by atoms with E-state index in [1.54, 1.807) is 18.2 Å². The average Bonchev–Trinajstić information content (AvgIpc) is 2.87. The highest BCUT2D eigenvalue weighted by Gasteiger charge is 2.24. The zero-order valence-electron chi connectivity index (χ0n) is 11.1. The Kier molecular flexibility index (Phi) is 3.33. The van der Waals surface area contributed by atoms with E-state index in [0.29, 0.717) is 30.5 Å². The van der Waals surface area contributed by atoms with Crippen LogP contribution < -0.4 is 5.32 Å². The number of hydrogen-bond acceptors (Lipinski definition) is 2. The van der Waals surface area contributed by atoms with Gasteiger partial charge >= 0.3 is 0 Å². The number of ketones is 1. The van der Waals surface area contributed by atoms with E-state index in [0.717, 1.165) is 11.1 Å². The van der Waals surface area contributed by atoms with Crippen molar-refractivity contribution in [3.8, 4) is 0 Å². The Morgan fingerprint density at radius 1 is 1.00 bits per heavy atom. The highest BCUT2D eigenvalue weighted by Crippen LogP contribution is 2.25. The molecule has 0 fully saturated rings. The van der Waals surface area contributed by atoms with Crippen molar-refractivity contribution in [1.82, 2.24) is 5.32 Å². The van der Waals surface area contributed by atoms with Crippen LogP contribution in [0.15, 0.2) is 48.5 Å². The third-order valence-electron chi connectivity index (χ3n) is 3.62. The zero-order valence-corrected chi connectivity index (χ0v) is 11.1. The van der Waals surface area contributed by atoms with E-state index < -0.39 is 0 Å². The summed E-state index contributed by atoms with van der Waals surface area (Å²) in [5.74, 6) is 0.0260. The van der Waals surface area contributed by atoms with Crippen LogP contribution in [0.2, 0.25) is 0 Å². The van der Waals surface area contributed by atoms with Crippen molar-refractivity contribution in [2.75, 3.05) is 0 Å². The maximum absolute atomic E-state index is 12.3. The van der Waals surface area contributed by atoms with Crippen molar-refractivity contribution in [3.05, 3.63) is 70.8 Å². The molecule has 3 heteroatoms. The van der Waals surface area contributed by atoms with Crippen LogP contribution in [-0.4, -0.2) is 11.7 Å². The summed E-state index contributed by atoms with van der Waals surface area (Å²) in [5, 5.41) is 2.91. The molecule has 20 heavy (non-hydrogen) atoms. The Balaban J connectivity index is 1.77. The van der Waals surface area contributed by atoms with E-state index in [-0.39, 0.29) is 11.7 Å². The first kappa shape index (κ1) is 12.6. The average molecular weight is 265 g/mol. The molecule has 0 heterocycles. The molecule has 0 aromatic heterocycles. The van der Waals surface area contributed by atoms with Gasteiger partial charge in [-0.25, -0.2) is 0 Å². The number of carbonyl (C=O) groups excluding carboxylic acids is 2. The van der Waals surface area contributed by atoms with Crippen LogP contribution in [0.5, 0.6) is 0 Å². The van der Waals surface area contributed by atoms with Crippen molar-refractivity contribution in [1.29, 1.82) is 0 Å². The Morgan fingerprint density at radius 3 is 2.60 bits per heavy atom. The van der Waals surface area contributed by atoms with Gasteiger partial charge in [-0.05, 0) is 23.6 Å². The lowest BCUT2D eigenvalue weighted by Gasteiger charge is -2.09. The second-order valence-corrected chi connectivity index (χ2v) is 4.92. The maximum atomic E-state index is 12.3. The van der Waals surface area contributed by atoms with Crippen molar-refractivity contribution in [2.45, 2.75) is 19.4 Å². The summed E-state index contributed by atoms with van der Waals surface area (Å²) < 4.78 is 0. The number of amides is 1.